The second-order valence-electron chi connectivity index (χ2n) is 8.37. The molecule has 11 nitrogen and oxygen atoms in total. The summed E-state index contributed by atoms with van der Waals surface area (Å²) in [4.78, 5) is 25.5. The molecule has 186 valence electrons. The Balaban J connectivity index is 1.20. The number of phenolic OH excluding ortho intramolecular Hbond substituents is 1. The van der Waals surface area contributed by atoms with E-state index in [2.05, 4.69) is 20.0 Å². The first kappa shape index (κ1) is 22.4. The monoisotopic (exact) mass is 514 g/mol. The number of rotatable bonds is 5. The number of nitrogens with zero attached hydrogens (tertiary/aromatic N) is 7. The van der Waals surface area contributed by atoms with E-state index in [1.807, 2.05) is 0 Å². The van der Waals surface area contributed by atoms with Crippen LogP contribution in [0.1, 0.15) is 0 Å². The Bertz CT molecular complexity index is 1640. The number of fused-ring (bicyclic) bond motifs is 3. The van der Waals surface area contributed by atoms with Gasteiger partial charge in [0.05, 0.1) is 12.0 Å². The summed E-state index contributed by atoms with van der Waals surface area (Å²) in [5.74, 6) is -1.35. The van der Waals surface area contributed by atoms with Crippen LogP contribution in [0.4, 0.5) is 20.4 Å². The number of benzene rings is 1. The van der Waals surface area contributed by atoms with Crippen molar-refractivity contribution < 1.29 is 18.3 Å². The lowest BCUT2D eigenvalue weighted by Crippen LogP contribution is -2.47. The van der Waals surface area contributed by atoms with E-state index in [0.29, 0.717) is 72.9 Å². The van der Waals surface area contributed by atoms with Gasteiger partial charge in [-0.15, -0.1) is 5.10 Å². The molecule has 5 heterocycles. The third kappa shape index (κ3) is 3.74. The van der Waals surface area contributed by atoms with Crippen LogP contribution in [0.15, 0.2) is 39.7 Å². The molecule has 1 saturated heterocycles. The third-order valence-corrected chi connectivity index (χ3v) is 7.19. The third-order valence-electron chi connectivity index (χ3n) is 6.23. The lowest BCUT2D eigenvalue weighted by molar-refractivity contribution is 0.248. The van der Waals surface area contributed by atoms with Gasteiger partial charge in [0.1, 0.15) is 10.5 Å². The molecule has 0 radical (unpaired) electrons. The molecule has 5 aromatic rings. The smallest absolute Gasteiger partial charge is 0.309 e. The number of phenols is 1. The molecule has 3 N–H and O–H groups in total. The second kappa shape index (κ2) is 8.57. The lowest BCUT2D eigenvalue weighted by Gasteiger charge is -2.36. The summed E-state index contributed by atoms with van der Waals surface area (Å²) in [6.07, 6.45) is 1.52. The quantitative estimate of drug-likeness (QED) is 0.362. The van der Waals surface area contributed by atoms with Crippen molar-refractivity contribution in [2.24, 2.45) is 0 Å². The van der Waals surface area contributed by atoms with Crippen LogP contribution in [0.2, 0.25) is 0 Å². The standard InChI is InChI=1S/C22H20F2N8O3S/c23-12-10-13(24)15(33)11-14(12)30-6-3-29(4-7-30)5-8-31-19-17(36-22(31)34)20-26-18(16-2-1-9-35-16)28-32(20)21(25)27-19/h1-2,9-11,33H,3-8H2,(H2,25,27). The first-order valence-electron chi connectivity index (χ1n) is 11.1. The number of halogens is 2. The Morgan fingerprint density at radius 3 is 2.64 bits per heavy atom. The molecule has 1 aromatic carbocycles. The maximum absolute atomic E-state index is 14.2. The fraction of sp³-hybridized carbons (Fsp3) is 0.273. The molecule has 0 aliphatic carbocycles. The number of thiazole rings is 1. The molecule has 0 amide bonds. The summed E-state index contributed by atoms with van der Waals surface area (Å²) >= 11 is 1.03. The summed E-state index contributed by atoms with van der Waals surface area (Å²) in [5.41, 5.74) is 7.17. The Labute approximate surface area is 205 Å². The van der Waals surface area contributed by atoms with Gasteiger partial charge in [-0.3, -0.25) is 14.3 Å². The fourth-order valence-electron chi connectivity index (χ4n) is 4.36. The highest BCUT2D eigenvalue weighted by atomic mass is 32.1. The van der Waals surface area contributed by atoms with Crippen molar-refractivity contribution in [2.45, 2.75) is 6.54 Å². The number of anilines is 2. The number of furan rings is 1. The van der Waals surface area contributed by atoms with Crippen molar-refractivity contribution in [1.82, 2.24) is 29.0 Å². The molecular weight excluding hydrogens is 494 g/mol. The largest absolute Gasteiger partial charge is 0.505 e. The van der Waals surface area contributed by atoms with Crippen molar-refractivity contribution in [1.29, 1.82) is 0 Å². The molecule has 0 atom stereocenters. The highest BCUT2D eigenvalue weighted by molar-refractivity contribution is 7.17. The number of aromatic nitrogens is 5. The molecule has 0 saturated carbocycles. The van der Waals surface area contributed by atoms with Crippen molar-refractivity contribution >= 4 is 39.0 Å². The van der Waals surface area contributed by atoms with Crippen LogP contribution < -0.4 is 15.5 Å². The molecule has 6 rings (SSSR count). The maximum Gasteiger partial charge on any atom is 0.309 e. The van der Waals surface area contributed by atoms with Gasteiger partial charge in [0.15, 0.2) is 28.6 Å². The van der Waals surface area contributed by atoms with Crippen molar-refractivity contribution in [2.75, 3.05) is 43.4 Å². The van der Waals surface area contributed by atoms with Gasteiger partial charge in [0.25, 0.3) is 0 Å². The van der Waals surface area contributed by atoms with Gasteiger partial charge in [-0.05, 0) is 12.1 Å². The number of nitrogens with two attached hydrogens (primary N) is 1. The van der Waals surface area contributed by atoms with Crippen LogP contribution in [0.25, 0.3) is 27.6 Å². The Kier molecular flexibility index (Phi) is 5.34. The predicted molar refractivity (Wildman–Crippen MR) is 129 cm³/mol. The van der Waals surface area contributed by atoms with E-state index in [9.17, 15) is 18.7 Å². The number of hydrogen-bond donors (Lipinski definition) is 2. The maximum atomic E-state index is 14.2. The highest BCUT2D eigenvalue weighted by Crippen LogP contribution is 2.28. The van der Waals surface area contributed by atoms with E-state index in [-0.39, 0.29) is 16.5 Å². The molecule has 0 spiro atoms. The first-order valence-corrected chi connectivity index (χ1v) is 12.0. The minimum atomic E-state index is -0.988. The van der Waals surface area contributed by atoms with Gasteiger partial charge in [-0.25, -0.2) is 13.8 Å². The van der Waals surface area contributed by atoms with Crippen molar-refractivity contribution in [3.05, 3.63) is 51.8 Å². The van der Waals surface area contributed by atoms with E-state index >= 15 is 0 Å². The zero-order chi connectivity index (χ0) is 25.0. The zero-order valence-corrected chi connectivity index (χ0v) is 19.6. The van der Waals surface area contributed by atoms with Gasteiger partial charge in [0.2, 0.25) is 11.8 Å². The minimum absolute atomic E-state index is 0.104. The van der Waals surface area contributed by atoms with Crippen LogP contribution in [-0.2, 0) is 6.54 Å². The normalized spacial score (nSPS) is 14.9. The highest BCUT2D eigenvalue weighted by Gasteiger charge is 2.23. The summed E-state index contributed by atoms with van der Waals surface area (Å²) in [6, 6.07) is 5.26. The molecule has 14 heteroatoms. The summed E-state index contributed by atoms with van der Waals surface area (Å²) in [5, 5.41) is 14.0. The van der Waals surface area contributed by atoms with Gasteiger partial charge in [-0.2, -0.15) is 9.50 Å². The van der Waals surface area contributed by atoms with E-state index in [4.69, 9.17) is 10.2 Å². The Morgan fingerprint density at radius 1 is 1.08 bits per heavy atom. The first-order chi connectivity index (χ1) is 17.4. The molecule has 0 bridgehead atoms. The minimum Gasteiger partial charge on any atom is -0.505 e. The fourth-order valence-corrected chi connectivity index (χ4v) is 5.29. The predicted octanol–water partition coefficient (Wildman–Crippen LogP) is 2.15. The zero-order valence-electron chi connectivity index (χ0n) is 18.8. The summed E-state index contributed by atoms with van der Waals surface area (Å²) in [6.45, 7) is 3.13. The van der Waals surface area contributed by atoms with Crippen molar-refractivity contribution in [3.63, 3.8) is 0 Å². The molecule has 1 fully saturated rings. The van der Waals surface area contributed by atoms with E-state index in [0.717, 1.165) is 17.4 Å². The Morgan fingerprint density at radius 2 is 1.89 bits per heavy atom. The summed E-state index contributed by atoms with van der Waals surface area (Å²) in [7, 11) is 0. The van der Waals surface area contributed by atoms with E-state index in [1.54, 1.807) is 21.6 Å². The number of nitrogen functional groups attached to an aromatic ring is 1. The van der Waals surface area contributed by atoms with Crippen LogP contribution in [0, 0.1) is 11.6 Å². The Hall–Kier alpha value is -4.04. The average Bonchev–Trinajstić information content (AvgIpc) is 3.60. The molecule has 1 aliphatic heterocycles. The van der Waals surface area contributed by atoms with Crippen LogP contribution >= 0.6 is 11.3 Å². The SMILES string of the molecule is Nc1nc2c(sc(=O)n2CCN2CCN(c3cc(O)c(F)cc3F)CC2)c2nc(-c3ccco3)nn12. The van der Waals surface area contributed by atoms with Gasteiger partial charge in [-0.1, -0.05) is 11.3 Å². The topological polar surface area (TPSA) is 131 Å². The molecule has 36 heavy (non-hydrogen) atoms. The van der Waals surface area contributed by atoms with Gasteiger partial charge >= 0.3 is 4.87 Å². The second-order valence-corrected chi connectivity index (χ2v) is 9.34. The summed E-state index contributed by atoms with van der Waals surface area (Å²) < 4.78 is 36.5. The van der Waals surface area contributed by atoms with Gasteiger partial charge in [0, 0.05) is 51.4 Å². The van der Waals surface area contributed by atoms with Crippen LogP contribution in [-0.4, -0.2) is 66.9 Å². The number of aromatic hydroxyl groups is 1. The number of hydrogen-bond acceptors (Lipinski definition) is 10. The molecular formula is C22H20F2N8O3S. The van der Waals surface area contributed by atoms with Crippen LogP contribution in [0.3, 0.4) is 0 Å². The van der Waals surface area contributed by atoms with E-state index < -0.39 is 17.4 Å². The molecule has 4 aromatic heterocycles. The lowest BCUT2D eigenvalue weighted by atomic mass is 10.2. The molecule has 1 aliphatic rings. The average molecular weight is 515 g/mol. The van der Waals surface area contributed by atoms with E-state index in [1.165, 1.54) is 10.8 Å². The van der Waals surface area contributed by atoms with Crippen molar-refractivity contribution in [3.8, 4) is 17.3 Å². The molecule has 0 unspecified atom stereocenters. The van der Waals surface area contributed by atoms with Gasteiger partial charge < -0.3 is 20.2 Å². The van der Waals surface area contributed by atoms with Crippen LogP contribution in [0.5, 0.6) is 5.75 Å². The number of piperazine rings is 1.